The third-order valence-electron chi connectivity index (χ3n) is 2.77. The summed E-state index contributed by atoms with van der Waals surface area (Å²) in [7, 11) is 0. The Hall–Kier alpha value is -1.75. The lowest BCUT2D eigenvalue weighted by molar-refractivity contribution is 0.543. The second kappa shape index (κ2) is 6.26. The number of aromatic amines is 1. The van der Waals surface area contributed by atoms with E-state index < -0.39 is 0 Å². The fourth-order valence-corrected chi connectivity index (χ4v) is 1.83. The van der Waals surface area contributed by atoms with Crippen LogP contribution in [0.3, 0.4) is 0 Å². The highest BCUT2D eigenvalue weighted by Crippen LogP contribution is 2.05. The van der Waals surface area contributed by atoms with Crippen LogP contribution in [0.4, 0.5) is 4.39 Å². The highest BCUT2D eigenvalue weighted by molar-refractivity contribution is 5.16. The van der Waals surface area contributed by atoms with Crippen LogP contribution in [0.5, 0.6) is 0 Å². The molecular formula is C13H17FN4. The van der Waals surface area contributed by atoms with Gasteiger partial charge in [0.05, 0.1) is 0 Å². The summed E-state index contributed by atoms with van der Waals surface area (Å²) in [4.78, 5) is 4.06. The molecule has 1 atom stereocenters. The van der Waals surface area contributed by atoms with Crippen molar-refractivity contribution in [1.29, 1.82) is 0 Å². The van der Waals surface area contributed by atoms with Crippen molar-refractivity contribution >= 4 is 0 Å². The first-order chi connectivity index (χ1) is 8.74. The molecule has 0 aliphatic carbocycles. The Balaban J connectivity index is 1.71. The highest BCUT2D eigenvalue weighted by Gasteiger charge is 2.03. The second-order valence-electron chi connectivity index (χ2n) is 4.37. The van der Waals surface area contributed by atoms with Crippen molar-refractivity contribution in [3.63, 3.8) is 0 Å². The van der Waals surface area contributed by atoms with E-state index in [0.29, 0.717) is 6.04 Å². The van der Waals surface area contributed by atoms with E-state index in [0.717, 1.165) is 30.8 Å². The van der Waals surface area contributed by atoms with E-state index >= 15 is 0 Å². The summed E-state index contributed by atoms with van der Waals surface area (Å²) in [5.41, 5.74) is 1.14. The lowest BCUT2D eigenvalue weighted by atomic mass is 10.1. The summed E-state index contributed by atoms with van der Waals surface area (Å²) in [6.45, 7) is 2.96. The minimum atomic E-state index is -0.190. The Labute approximate surface area is 106 Å². The van der Waals surface area contributed by atoms with E-state index in [9.17, 15) is 4.39 Å². The quantitative estimate of drug-likeness (QED) is 0.818. The first kappa shape index (κ1) is 12.7. The van der Waals surface area contributed by atoms with Gasteiger partial charge in [-0.25, -0.2) is 9.37 Å². The number of rotatable bonds is 6. The molecule has 1 unspecified atom stereocenters. The predicted molar refractivity (Wildman–Crippen MR) is 67.7 cm³/mol. The minimum Gasteiger partial charge on any atom is -0.313 e. The molecule has 0 saturated heterocycles. The average molecular weight is 248 g/mol. The molecule has 0 aliphatic rings. The summed E-state index contributed by atoms with van der Waals surface area (Å²) in [5, 5.41) is 10.0. The zero-order valence-corrected chi connectivity index (χ0v) is 10.4. The molecule has 2 rings (SSSR count). The van der Waals surface area contributed by atoms with Crippen molar-refractivity contribution in [2.45, 2.75) is 25.8 Å². The van der Waals surface area contributed by atoms with Gasteiger partial charge in [0.25, 0.3) is 0 Å². The van der Waals surface area contributed by atoms with Gasteiger partial charge in [-0.05, 0) is 31.0 Å². The maximum absolute atomic E-state index is 12.8. The zero-order valence-electron chi connectivity index (χ0n) is 10.4. The van der Waals surface area contributed by atoms with Gasteiger partial charge >= 0.3 is 0 Å². The van der Waals surface area contributed by atoms with E-state index in [2.05, 4.69) is 27.4 Å². The average Bonchev–Trinajstić information content (AvgIpc) is 2.85. The van der Waals surface area contributed by atoms with Crippen molar-refractivity contribution in [3.05, 3.63) is 47.8 Å². The molecule has 0 spiro atoms. The maximum Gasteiger partial charge on any atom is 0.137 e. The Morgan fingerprint density at radius 1 is 1.33 bits per heavy atom. The van der Waals surface area contributed by atoms with E-state index in [1.807, 2.05) is 12.1 Å². The van der Waals surface area contributed by atoms with Crippen molar-refractivity contribution in [2.75, 3.05) is 6.54 Å². The van der Waals surface area contributed by atoms with Crippen LogP contribution in [0.25, 0.3) is 0 Å². The summed E-state index contributed by atoms with van der Waals surface area (Å²) in [5.74, 6) is 0.696. The van der Waals surface area contributed by atoms with Crippen molar-refractivity contribution in [2.24, 2.45) is 0 Å². The molecule has 0 saturated carbocycles. The van der Waals surface area contributed by atoms with Gasteiger partial charge < -0.3 is 5.32 Å². The Morgan fingerprint density at radius 2 is 2.11 bits per heavy atom. The molecule has 0 fully saturated rings. The van der Waals surface area contributed by atoms with E-state index in [4.69, 9.17) is 0 Å². The molecule has 18 heavy (non-hydrogen) atoms. The number of nitrogens with one attached hydrogen (secondary N) is 2. The van der Waals surface area contributed by atoms with Gasteiger partial charge in [0.15, 0.2) is 0 Å². The number of aromatic nitrogens is 3. The molecule has 4 nitrogen and oxygen atoms in total. The molecule has 2 N–H and O–H groups in total. The monoisotopic (exact) mass is 248 g/mol. The van der Waals surface area contributed by atoms with Crippen molar-refractivity contribution in [3.8, 4) is 0 Å². The third kappa shape index (κ3) is 3.92. The van der Waals surface area contributed by atoms with Gasteiger partial charge in [-0.15, -0.1) is 0 Å². The SMILES string of the molecule is CC(Cc1ccc(F)cc1)NCCc1ncn[nH]1. The maximum atomic E-state index is 12.8. The van der Waals surface area contributed by atoms with Crippen LogP contribution in [0.15, 0.2) is 30.6 Å². The standard InChI is InChI=1S/C13H17FN4/c1-10(8-11-2-4-12(14)5-3-11)15-7-6-13-16-9-17-18-13/h2-5,9-10,15H,6-8H2,1H3,(H,16,17,18). The molecular weight excluding hydrogens is 231 g/mol. The van der Waals surface area contributed by atoms with E-state index in [-0.39, 0.29) is 5.82 Å². The van der Waals surface area contributed by atoms with Crippen LogP contribution in [0.1, 0.15) is 18.3 Å². The molecule has 96 valence electrons. The largest absolute Gasteiger partial charge is 0.313 e. The molecule has 1 aromatic carbocycles. The number of halogens is 1. The molecule has 1 aromatic heterocycles. The van der Waals surface area contributed by atoms with Gasteiger partial charge in [-0.1, -0.05) is 12.1 Å². The van der Waals surface area contributed by atoms with Crippen molar-refractivity contribution in [1.82, 2.24) is 20.5 Å². The Kier molecular flexibility index (Phi) is 4.41. The Morgan fingerprint density at radius 3 is 2.78 bits per heavy atom. The highest BCUT2D eigenvalue weighted by atomic mass is 19.1. The third-order valence-corrected chi connectivity index (χ3v) is 2.77. The molecule has 5 heteroatoms. The van der Waals surface area contributed by atoms with Gasteiger partial charge in [0.1, 0.15) is 18.0 Å². The molecule has 0 aliphatic heterocycles. The number of hydrogen-bond donors (Lipinski definition) is 2. The summed E-state index contributed by atoms with van der Waals surface area (Å²) >= 11 is 0. The van der Waals surface area contributed by atoms with Gasteiger partial charge in [0, 0.05) is 19.0 Å². The number of benzene rings is 1. The second-order valence-corrected chi connectivity index (χ2v) is 4.37. The fourth-order valence-electron chi connectivity index (χ4n) is 1.83. The van der Waals surface area contributed by atoms with Crippen LogP contribution < -0.4 is 5.32 Å². The summed E-state index contributed by atoms with van der Waals surface area (Å²) < 4.78 is 12.8. The molecule has 0 amide bonds. The lowest BCUT2D eigenvalue weighted by Gasteiger charge is -2.13. The minimum absolute atomic E-state index is 0.190. The normalized spacial score (nSPS) is 12.6. The van der Waals surface area contributed by atoms with Gasteiger partial charge in [-0.2, -0.15) is 5.10 Å². The number of nitrogens with zero attached hydrogens (tertiary/aromatic N) is 2. The van der Waals surface area contributed by atoms with Crippen LogP contribution in [0, 0.1) is 5.82 Å². The van der Waals surface area contributed by atoms with Crippen LogP contribution in [-0.2, 0) is 12.8 Å². The van der Waals surface area contributed by atoms with Crippen molar-refractivity contribution < 1.29 is 4.39 Å². The smallest absolute Gasteiger partial charge is 0.137 e. The number of hydrogen-bond acceptors (Lipinski definition) is 3. The van der Waals surface area contributed by atoms with Gasteiger partial charge in [0.2, 0.25) is 0 Å². The molecule has 0 radical (unpaired) electrons. The molecule has 2 aromatic rings. The lowest BCUT2D eigenvalue weighted by Crippen LogP contribution is -2.30. The fraction of sp³-hybridized carbons (Fsp3) is 0.385. The van der Waals surface area contributed by atoms with Crippen LogP contribution in [-0.4, -0.2) is 27.8 Å². The van der Waals surface area contributed by atoms with Crippen LogP contribution >= 0.6 is 0 Å². The van der Waals surface area contributed by atoms with E-state index in [1.165, 1.54) is 18.5 Å². The van der Waals surface area contributed by atoms with Crippen LogP contribution in [0.2, 0.25) is 0 Å². The summed E-state index contributed by atoms with van der Waals surface area (Å²) in [6, 6.07) is 6.99. The molecule has 0 bridgehead atoms. The first-order valence-electron chi connectivity index (χ1n) is 6.06. The van der Waals surface area contributed by atoms with E-state index in [1.54, 1.807) is 0 Å². The number of H-pyrrole nitrogens is 1. The topological polar surface area (TPSA) is 53.6 Å². The predicted octanol–water partition coefficient (Wildman–Crippen LogP) is 1.71. The summed E-state index contributed by atoms with van der Waals surface area (Å²) in [6.07, 6.45) is 3.22. The first-order valence-corrected chi connectivity index (χ1v) is 6.06. The molecule has 1 heterocycles. The zero-order chi connectivity index (χ0) is 12.8. The Bertz CT molecular complexity index is 452. The van der Waals surface area contributed by atoms with Gasteiger partial charge in [-0.3, -0.25) is 5.10 Å².